The second kappa shape index (κ2) is 7.36. The minimum absolute atomic E-state index is 0.174. The van der Waals surface area contributed by atoms with Gasteiger partial charge in [-0.25, -0.2) is 4.79 Å². The molecular formula is C19H22NO4+. The van der Waals surface area contributed by atoms with Crippen LogP contribution in [-0.4, -0.2) is 32.5 Å². The zero-order chi connectivity index (χ0) is 16.9. The molecule has 0 aromatic heterocycles. The third kappa shape index (κ3) is 4.06. The molecular weight excluding hydrogens is 306 g/mol. The SMILES string of the molecule is CC(C[NH+](C)Cc1ccccc1)OC(=O)c1ccc2c(c1)OCO2. The summed E-state index contributed by atoms with van der Waals surface area (Å²) in [7, 11) is 2.10. The van der Waals surface area contributed by atoms with Gasteiger partial charge in [0, 0.05) is 5.56 Å². The fourth-order valence-electron chi connectivity index (χ4n) is 2.82. The fourth-order valence-corrected chi connectivity index (χ4v) is 2.82. The molecule has 2 aromatic rings. The molecule has 24 heavy (non-hydrogen) atoms. The topological polar surface area (TPSA) is 49.2 Å². The number of rotatable bonds is 6. The second-order valence-corrected chi connectivity index (χ2v) is 6.11. The van der Waals surface area contributed by atoms with E-state index in [9.17, 15) is 4.79 Å². The van der Waals surface area contributed by atoms with Crippen LogP contribution in [0.15, 0.2) is 48.5 Å². The van der Waals surface area contributed by atoms with Crippen molar-refractivity contribution in [1.82, 2.24) is 0 Å². The lowest BCUT2D eigenvalue weighted by molar-refractivity contribution is -0.896. The maximum Gasteiger partial charge on any atom is 0.338 e. The molecule has 0 spiro atoms. The van der Waals surface area contributed by atoms with Gasteiger partial charge in [-0.05, 0) is 25.1 Å². The largest absolute Gasteiger partial charge is 0.454 e. The van der Waals surface area contributed by atoms with Gasteiger partial charge in [0.1, 0.15) is 19.2 Å². The van der Waals surface area contributed by atoms with Gasteiger partial charge in [-0.1, -0.05) is 30.3 Å². The van der Waals surface area contributed by atoms with Gasteiger partial charge in [-0.15, -0.1) is 0 Å². The minimum atomic E-state index is -0.340. The van der Waals surface area contributed by atoms with Gasteiger partial charge < -0.3 is 19.1 Å². The molecule has 0 aliphatic carbocycles. The highest BCUT2D eigenvalue weighted by Gasteiger charge is 2.20. The first-order valence-corrected chi connectivity index (χ1v) is 8.07. The van der Waals surface area contributed by atoms with E-state index in [1.807, 2.05) is 25.1 Å². The van der Waals surface area contributed by atoms with Crippen molar-refractivity contribution in [2.45, 2.75) is 19.6 Å². The Bertz CT molecular complexity index is 702. The van der Waals surface area contributed by atoms with Gasteiger partial charge in [0.25, 0.3) is 0 Å². The number of esters is 1. The maximum absolute atomic E-state index is 12.3. The number of carbonyl (C=O) groups excluding carboxylic acids is 1. The summed E-state index contributed by atoms with van der Waals surface area (Å²) in [5, 5.41) is 0. The summed E-state index contributed by atoms with van der Waals surface area (Å²) in [5.41, 5.74) is 1.75. The van der Waals surface area contributed by atoms with E-state index < -0.39 is 0 Å². The highest BCUT2D eigenvalue weighted by Crippen LogP contribution is 2.32. The minimum Gasteiger partial charge on any atom is -0.454 e. The Morgan fingerprint density at radius 1 is 1.17 bits per heavy atom. The van der Waals surface area contributed by atoms with Crippen molar-refractivity contribution in [3.05, 3.63) is 59.7 Å². The molecule has 2 atom stereocenters. The van der Waals surface area contributed by atoms with Crippen molar-refractivity contribution < 1.29 is 23.9 Å². The monoisotopic (exact) mass is 328 g/mol. The number of ether oxygens (including phenoxy) is 3. The summed E-state index contributed by atoms with van der Waals surface area (Å²) in [6, 6.07) is 15.4. The fraction of sp³-hybridized carbons (Fsp3) is 0.316. The van der Waals surface area contributed by atoms with Crippen LogP contribution in [0.5, 0.6) is 11.5 Å². The lowest BCUT2D eigenvalue weighted by atomic mass is 10.2. The summed E-state index contributed by atoms with van der Waals surface area (Å²) in [5.74, 6) is 0.906. The Hall–Kier alpha value is -2.53. The molecule has 5 heteroatoms. The van der Waals surface area contributed by atoms with E-state index in [0.717, 1.165) is 13.1 Å². The van der Waals surface area contributed by atoms with Crippen molar-refractivity contribution in [3.8, 4) is 11.5 Å². The number of likely N-dealkylation sites (N-methyl/N-ethyl adjacent to an activating group) is 1. The zero-order valence-electron chi connectivity index (χ0n) is 14.0. The zero-order valence-corrected chi connectivity index (χ0v) is 14.0. The van der Waals surface area contributed by atoms with Gasteiger partial charge in [0.15, 0.2) is 11.5 Å². The van der Waals surface area contributed by atoms with Crippen molar-refractivity contribution in [1.29, 1.82) is 0 Å². The van der Waals surface area contributed by atoms with Gasteiger partial charge in [0.05, 0.1) is 12.6 Å². The van der Waals surface area contributed by atoms with E-state index in [2.05, 4.69) is 19.2 Å². The molecule has 126 valence electrons. The standard InChI is InChI=1S/C19H21NO4/c1-14(11-20(2)12-15-6-4-3-5-7-15)24-19(21)16-8-9-17-18(10-16)23-13-22-17/h3-10,14H,11-13H2,1-2H3/p+1. The van der Waals surface area contributed by atoms with Crippen LogP contribution in [0.1, 0.15) is 22.8 Å². The predicted octanol–water partition coefficient (Wildman–Crippen LogP) is 1.68. The highest BCUT2D eigenvalue weighted by molar-refractivity contribution is 5.90. The average molecular weight is 328 g/mol. The van der Waals surface area contributed by atoms with E-state index in [1.165, 1.54) is 10.5 Å². The third-order valence-electron chi connectivity index (χ3n) is 3.90. The maximum atomic E-state index is 12.3. The number of nitrogens with one attached hydrogen (secondary N) is 1. The molecule has 0 saturated heterocycles. The molecule has 2 unspecified atom stereocenters. The van der Waals surface area contributed by atoms with Gasteiger partial charge in [0.2, 0.25) is 6.79 Å². The first kappa shape index (κ1) is 16.3. The first-order chi connectivity index (χ1) is 11.6. The molecule has 2 aromatic carbocycles. The smallest absolute Gasteiger partial charge is 0.338 e. The number of hydrogen-bond donors (Lipinski definition) is 1. The quantitative estimate of drug-likeness (QED) is 0.820. The number of fused-ring (bicyclic) bond motifs is 1. The summed E-state index contributed by atoms with van der Waals surface area (Å²) in [6.45, 7) is 3.75. The molecule has 0 fully saturated rings. The lowest BCUT2D eigenvalue weighted by Gasteiger charge is -2.19. The Morgan fingerprint density at radius 2 is 1.92 bits per heavy atom. The van der Waals surface area contributed by atoms with E-state index in [0.29, 0.717) is 17.1 Å². The molecule has 1 N–H and O–H groups in total. The predicted molar refractivity (Wildman–Crippen MR) is 89.3 cm³/mol. The molecule has 5 nitrogen and oxygen atoms in total. The summed E-state index contributed by atoms with van der Waals surface area (Å²) >= 11 is 0. The number of quaternary nitrogens is 1. The Balaban J connectivity index is 1.52. The molecule has 0 bridgehead atoms. The third-order valence-corrected chi connectivity index (χ3v) is 3.90. The van der Waals surface area contributed by atoms with Crippen LogP contribution in [0.3, 0.4) is 0 Å². The van der Waals surface area contributed by atoms with Crippen molar-refractivity contribution in [2.75, 3.05) is 20.4 Å². The normalized spacial score (nSPS) is 14.9. The van der Waals surface area contributed by atoms with Crippen LogP contribution < -0.4 is 14.4 Å². The molecule has 1 aliphatic heterocycles. The van der Waals surface area contributed by atoms with Crippen LogP contribution >= 0.6 is 0 Å². The Labute approximate surface area is 141 Å². The van der Waals surface area contributed by atoms with Crippen LogP contribution in [0.25, 0.3) is 0 Å². The molecule has 0 radical (unpaired) electrons. The average Bonchev–Trinajstić information content (AvgIpc) is 3.02. The Morgan fingerprint density at radius 3 is 2.71 bits per heavy atom. The molecule has 1 aliphatic rings. The molecule has 0 amide bonds. The number of carbonyl (C=O) groups is 1. The molecule has 1 heterocycles. The van der Waals surface area contributed by atoms with Crippen LogP contribution in [0.4, 0.5) is 0 Å². The van der Waals surface area contributed by atoms with Gasteiger partial charge >= 0.3 is 5.97 Å². The van der Waals surface area contributed by atoms with E-state index in [1.54, 1.807) is 18.2 Å². The van der Waals surface area contributed by atoms with Crippen molar-refractivity contribution >= 4 is 5.97 Å². The van der Waals surface area contributed by atoms with Crippen molar-refractivity contribution in [2.24, 2.45) is 0 Å². The number of hydrogen-bond acceptors (Lipinski definition) is 4. The second-order valence-electron chi connectivity index (χ2n) is 6.11. The molecule has 0 saturated carbocycles. The number of benzene rings is 2. The van der Waals surface area contributed by atoms with E-state index in [4.69, 9.17) is 14.2 Å². The van der Waals surface area contributed by atoms with Gasteiger partial charge in [-0.3, -0.25) is 0 Å². The summed E-state index contributed by atoms with van der Waals surface area (Å²) in [6.07, 6.45) is -0.174. The van der Waals surface area contributed by atoms with Gasteiger partial charge in [-0.2, -0.15) is 0 Å². The van der Waals surface area contributed by atoms with E-state index >= 15 is 0 Å². The van der Waals surface area contributed by atoms with Crippen molar-refractivity contribution in [3.63, 3.8) is 0 Å². The lowest BCUT2D eigenvalue weighted by Crippen LogP contribution is -3.08. The summed E-state index contributed by atoms with van der Waals surface area (Å²) in [4.78, 5) is 13.6. The van der Waals surface area contributed by atoms with E-state index in [-0.39, 0.29) is 18.9 Å². The van der Waals surface area contributed by atoms with Crippen LogP contribution in [0.2, 0.25) is 0 Å². The highest BCUT2D eigenvalue weighted by atomic mass is 16.7. The Kier molecular flexibility index (Phi) is 5.01. The molecule has 3 rings (SSSR count). The summed E-state index contributed by atoms with van der Waals surface area (Å²) < 4.78 is 16.1. The van der Waals surface area contributed by atoms with Crippen LogP contribution in [-0.2, 0) is 11.3 Å². The van der Waals surface area contributed by atoms with Crippen LogP contribution in [0, 0.1) is 0 Å². The first-order valence-electron chi connectivity index (χ1n) is 8.07.